The lowest BCUT2D eigenvalue weighted by molar-refractivity contribution is 0.0277. The highest BCUT2D eigenvalue weighted by atomic mass is 16.6. The molecule has 1 fully saturated rings. The van der Waals surface area contributed by atoms with Crippen molar-refractivity contribution in [3.05, 3.63) is 54.4 Å². The summed E-state index contributed by atoms with van der Waals surface area (Å²) >= 11 is 0. The summed E-state index contributed by atoms with van der Waals surface area (Å²) in [5, 5.41) is 0. The average molecular weight is 410 g/mol. The van der Waals surface area contributed by atoms with E-state index in [9.17, 15) is 4.79 Å². The van der Waals surface area contributed by atoms with Crippen LogP contribution in [0, 0.1) is 5.92 Å². The zero-order chi connectivity index (χ0) is 21.7. The van der Waals surface area contributed by atoms with Crippen molar-refractivity contribution in [2.75, 3.05) is 19.6 Å². The van der Waals surface area contributed by atoms with E-state index in [1.807, 2.05) is 37.9 Å². The number of amides is 1. The van der Waals surface area contributed by atoms with Crippen LogP contribution >= 0.6 is 0 Å². The van der Waals surface area contributed by atoms with Crippen LogP contribution < -0.4 is 0 Å². The van der Waals surface area contributed by atoms with Gasteiger partial charge >= 0.3 is 6.09 Å². The predicted octanol–water partition coefficient (Wildman–Crippen LogP) is 5.22. The van der Waals surface area contributed by atoms with Gasteiger partial charge in [-0.3, -0.25) is 9.88 Å². The van der Waals surface area contributed by atoms with Crippen molar-refractivity contribution in [1.82, 2.24) is 14.8 Å². The van der Waals surface area contributed by atoms with Crippen molar-refractivity contribution in [3.63, 3.8) is 0 Å². The van der Waals surface area contributed by atoms with E-state index in [1.165, 1.54) is 11.1 Å². The lowest BCUT2D eigenvalue weighted by Gasteiger charge is -2.31. The highest BCUT2D eigenvalue weighted by molar-refractivity contribution is 5.68. The van der Waals surface area contributed by atoms with E-state index in [-0.39, 0.29) is 6.09 Å². The lowest BCUT2D eigenvalue weighted by atomic mass is 9.99. The summed E-state index contributed by atoms with van der Waals surface area (Å²) in [6, 6.07) is 13.0. The fraction of sp³-hybridized carbons (Fsp3) is 0.520. The van der Waals surface area contributed by atoms with Gasteiger partial charge in [-0.15, -0.1) is 0 Å². The van der Waals surface area contributed by atoms with Crippen LogP contribution in [0.15, 0.2) is 48.8 Å². The van der Waals surface area contributed by atoms with Crippen molar-refractivity contribution >= 4 is 6.09 Å². The third kappa shape index (κ3) is 6.05. The molecule has 0 spiro atoms. The van der Waals surface area contributed by atoms with Crippen molar-refractivity contribution in [1.29, 1.82) is 0 Å². The van der Waals surface area contributed by atoms with E-state index in [4.69, 9.17) is 4.74 Å². The van der Waals surface area contributed by atoms with Crippen LogP contribution in [0.5, 0.6) is 0 Å². The average Bonchev–Trinajstić information content (AvgIpc) is 3.17. The van der Waals surface area contributed by atoms with Gasteiger partial charge in [-0.1, -0.05) is 44.2 Å². The number of hydrogen-bond acceptors (Lipinski definition) is 4. The van der Waals surface area contributed by atoms with Gasteiger partial charge in [-0.05, 0) is 50.3 Å². The van der Waals surface area contributed by atoms with E-state index in [0.29, 0.717) is 12.0 Å². The van der Waals surface area contributed by atoms with Gasteiger partial charge in [0.05, 0.1) is 0 Å². The van der Waals surface area contributed by atoms with Gasteiger partial charge in [0, 0.05) is 50.2 Å². The Labute approximate surface area is 181 Å². The number of ether oxygens (including phenoxy) is 1. The van der Waals surface area contributed by atoms with Crippen LogP contribution in [0.4, 0.5) is 4.79 Å². The van der Waals surface area contributed by atoms with Crippen LogP contribution in [-0.2, 0) is 11.3 Å². The molecule has 0 N–H and O–H groups in total. The fourth-order valence-corrected chi connectivity index (χ4v) is 4.02. The molecule has 2 heterocycles. The third-order valence-electron chi connectivity index (χ3n) is 5.29. The molecule has 5 heteroatoms. The first-order valence-corrected chi connectivity index (χ1v) is 10.9. The Hall–Kier alpha value is -2.40. The molecule has 5 nitrogen and oxygen atoms in total. The maximum atomic E-state index is 12.5. The SMILES string of the molecule is CC(C)CN(Cc1ccccc1-c1cccnc1)[C@H]1CCN(C(=O)OC(C)(C)C)C1. The standard InChI is InChI=1S/C25H35N3O2/c1-19(2)16-28(22-12-14-27(18-22)24(29)30-25(3,4)5)17-21-9-6-7-11-23(21)20-10-8-13-26-15-20/h6-11,13,15,19,22H,12,14,16-18H2,1-5H3/t22-/m0/s1. The Balaban J connectivity index is 1.76. The minimum Gasteiger partial charge on any atom is -0.444 e. The number of benzene rings is 1. The molecule has 1 saturated heterocycles. The number of likely N-dealkylation sites (tertiary alicyclic amines) is 1. The Morgan fingerprint density at radius 3 is 2.67 bits per heavy atom. The van der Waals surface area contributed by atoms with E-state index in [2.05, 4.69) is 54.1 Å². The Bertz CT molecular complexity index is 830. The monoisotopic (exact) mass is 409 g/mol. The molecule has 0 aliphatic carbocycles. The van der Waals surface area contributed by atoms with Gasteiger partial charge in [0.2, 0.25) is 0 Å². The molecule has 0 unspecified atom stereocenters. The molecule has 162 valence electrons. The first kappa shape index (κ1) is 22.3. The molecule has 3 rings (SSSR count). The summed E-state index contributed by atoms with van der Waals surface area (Å²) in [5.74, 6) is 0.547. The zero-order valence-corrected chi connectivity index (χ0v) is 19.0. The number of pyridine rings is 1. The number of rotatable bonds is 6. The first-order valence-electron chi connectivity index (χ1n) is 10.9. The predicted molar refractivity (Wildman–Crippen MR) is 121 cm³/mol. The van der Waals surface area contributed by atoms with Crippen LogP contribution in [0.25, 0.3) is 11.1 Å². The summed E-state index contributed by atoms with van der Waals surface area (Å²) < 4.78 is 5.59. The molecule has 1 aromatic heterocycles. The maximum absolute atomic E-state index is 12.5. The zero-order valence-electron chi connectivity index (χ0n) is 19.0. The smallest absolute Gasteiger partial charge is 0.410 e. The van der Waals surface area contributed by atoms with E-state index in [0.717, 1.165) is 38.2 Å². The molecule has 30 heavy (non-hydrogen) atoms. The molecule has 0 radical (unpaired) electrons. The van der Waals surface area contributed by atoms with E-state index >= 15 is 0 Å². The highest BCUT2D eigenvalue weighted by Crippen LogP contribution is 2.27. The number of hydrogen-bond donors (Lipinski definition) is 0. The van der Waals surface area contributed by atoms with Crippen LogP contribution in [0.3, 0.4) is 0 Å². The summed E-state index contributed by atoms with van der Waals surface area (Å²) in [7, 11) is 0. The summed E-state index contributed by atoms with van der Waals surface area (Å²) in [5.41, 5.74) is 3.19. The van der Waals surface area contributed by atoms with Gasteiger partial charge in [-0.25, -0.2) is 4.79 Å². The third-order valence-corrected chi connectivity index (χ3v) is 5.29. The summed E-state index contributed by atoms with van der Waals surface area (Å²) in [4.78, 5) is 21.2. The van der Waals surface area contributed by atoms with Gasteiger partial charge in [0.1, 0.15) is 5.60 Å². The van der Waals surface area contributed by atoms with Gasteiger partial charge in [0.15, 0.2) is 0 Å². The molecule has 1 amide bonds. The Morgan fingerprint density at radius 1 is 1.23 bits per heavy atom. The highest BCUT2D eigenvalue weighted by Gasteiger charge is 2.33. The second-order valence-electron chi connectivity index (χ2n) is 9.59. The molecule has 1 aliphatic rings. The second-order valence-corrected chi connectivity index (χ2v) is 9.59. The molecule has 1 atom stereocenters. The summed E-state index contributed by atoms with van der Waals surface area (Å²) in [6.45, 7) is 13.6. The summed E-state index contributed by atoms with van der Waals surface area (Å²) in [6.07, 6.45) is 4.50. The number of nitrogens with zero attached hydrogens (tertiary/aromatic N) is 3. The van der Waals surface area contributed by atoms with Crippen molar-refractivity contribution in [2.24, 2.45) is 5.92 Å². The van der Waals surface area contributed by atoms with Gasteiger partial charge in [-0.2, -0.15) is 0 Å². The minimum absolute atomic E-state index is 0.203. The largest absolute Gasteiger partial charge is 0.444 e. The fourth-order valence-electron chi connectivity index (χ4n) is 4.02. The minimum atomic E-state index is -0.463. The molecule has 2 aromatic rings. The first-order chi connectivity index (χ1) is 14.2. The molecule has 0 saturated carbocycles. The quantitative estimate of drug-likeness (QED) is 0.656. The van der Waals surface area contributed by atoms with Crippen LogP contribution in [0.1, 0.15) is 46.6 Å². The normalized spacial score (nSPS) is 17.0. The van der Waals surface area contributed by atoms with Crippen LogP contribution in [0.2, 0.25) is 0 Å². The lowest BCUT2D eigenvalue weighted by Crippen LogP contribution is -2.41. The van der Waals surface area contributed by atoms with Gasteiger partial charge < -0.3 is 9.64 Å². The van der Waals surface area contributed by atoms with Crippen molar-refractivity contribution < 1.29 is 9.53 Å². The number of carbonyl (C=O) groups is 1. The maximum Gasteiger partial charge on any atom is 0.410 e. The van der Waals surface area contributed by atoms with E-state index in [1.54, 1.807) is 6.20 Å². The second kappa shape index (κ2) is 9.61. The molecular formula is C25H35N3O2. The molecule has 1 aromatic carbocycles. The molecule has 1 aliphatic heterocycles. The molecular weight excluding hydrogens is 374 g/mol. The van der Waals surface area contributed by atoms with Crippen molar-refractivity contribution in [2.45, 2.75) is 59.2 Å². The number of aromatic nitrogens is 1. The Morgan fingerprint density at radius 2 is 2.00 bits per heavy atom. The van der Waals surface area contributed by atoms with Crippen LogP contribution in [-0.4, -0.2) is 52.2 Å². The Kier molecular flexibility index (Phi) is 7.14. The van der Waals surface area contributed by atoms with Gasteiger partial charge in [0.25, 0.3) is 0 Å². The van der Waals surface area contributed by atoms with E-state index < -0.39 is 5.60 Å². The van der Waals surface area contributed by atoms with Crippen molar-refractivity contribution in [3.8, 4) is 11.1 Å². The number of carbonyl (C=O) groups excluding carboxylic acids is 1. The topological polar surface area (TPSA) is 45.7 Å². The molecule has 0 bridgehead atoms.